The Labute approximate surface area is 373 Å². The largest absolute Gasteiger partial charge is 0.464 e. The van der Waals surface area contributed by atoms with Crippen LogP contribution in [0.1, 0.15) is 102 Å². The van der Waals surface area contributed by atoms with E-state index in [1.54, 1.807) is 35.0 Å². The van der Waals surface area contributed by atoms with Crippen molar-refractivity contribution in [2.24, 2.45) is 5.41 Å². The number of carbonyl (C=O) groups is 3. The summed E-state index contributed by atoms with van der Waals surface area (Å²) >= 11 is 1.46. The van der Waals surface area contributed by atoms with Crippen molar-refractivity contribution in [1.29, 1.82) is 0 Å². The minimum absolute atomic E-state index is 0.0374. The van der Waals surface area contributed by atoms with E-state index in [2.05, 4.69) is 63.2 Å². The number of pyridine rings is 1. The van der Waals surface area contributed by atoms with Crippen LogP contribution in [-0.2, 0) is 35.0 Å². The van der Waals surface area contributed by atoms with Crippen LogP contribution in [-0.4, -0.2) is 131 Å². The second kappa shape index (κ2) is 17.2. The van der Waals surface area contributed by atoms with Crippen LogP contribution in [0.4, 0.5) is 4.79 Å². The Morgan fingerprint density at radius 3 is 2.54 bits per heavy atom. The standard InChI is InChI=1S/C47H62N8O7S/c1-27(59-7)38-32(11-9-17-48-38)40-34-20-47(5,6)26-61-44(57)35-12-10-18-54(51-35)43(56)39(50-45(58)62-46(2,3)4)41(53-23-31(24-53)60-8)42-49-36(25-63-42)28-13-16-37(33(34)19-28)55(40)30-21-52(22-30)29-14-15-29/h9,11,13,16-17,19,25,27,29-31,35,39,41,51H,10,12,14-15,18,20-24,26H2,1-8H3,(H,50,58)/t27-,35-,39-,41-/m0/s1. The number of benzene rings is 1. The van der Waals surface area contributed by atoms with Crippen molar-refractivity contribution < 1.29 is 33.3 Å². The van der Waals surface area contributed by atoms with E-state index in [0.717, 1.165) is 57.8 Å². The number of ether oxygens (including phenoxy) is 4. The number of alkyl carbamates (subject to hydrolysis) is 1. The quantitative estimate of drug-likeness (QED) is 0.188. The maximum absolute atomic E-state index is 14.9. The molecule has 4 fully saturated rings. The van der Waals surface area contributed by atoms with Crippen LogP contribution in [0.2, 0.25) is 0 Å². The van der Waals surface area contributed by atoms with Crippen LogP contribution in [0.15, 0.2) is 41.9 Å². The molecule has 1 aliphatic carbocycles. The highest BCUT2D eigenvalue weighted by Crippen LogP contribution is 2.46. The summed E-state index contributed by atoms with van der Waals surface area (Å²) < 4.78 is 26.1. The average Bonchev–Trinajstić information content (AvgIpc) is 3.86. The maximum atomic E-state index is 14.9. The minimum Gasteiger partial charge on any atom is -0.464 e. The van der Waals surface area contributed by atoms with Crippen molar-refractivity contribution in [2.75, 3.05) is 53.6 Å². The number of fused-ring (bicyclic) bond motifs is 6. The number of cyclic esters (lactones) is 1. The molecule has 63 heavy (non-hydrogen) atoms. The first-order valence-corrected chi connectivity index (χ1v) is 23.3. The number of thiazole rings is 1. The van der Waals surface area contributed by atoms with Gasteiger partial charge in [-0.15, -0.1) is 11.3 Å². The van der Waals surface area contributed by atoms with Gasteiger partial charge in [0.15, 0.2) is 0 Å². The molecule has 9 rings (SSSR count). The van der Waals surface area contributed by atoms with Crippen LogP contribution in [0.3, 0.4) is 0 Å². The lowest BCUT2D eigenvalue weighted by molar-refractivity contribution is -0.156. The van der Waals surface area contributed by atoms with Gasteiger partial charge >= 0.3 is 12.1 Å². The lowest BCUT2D eigenvalue weighted by Gasteiger charge is -2.46. The van der Waals surface area contributed by atoms with Gasteiger partial charge in [0, 0.05) is 92.0 Å². The lowest BCUT2D eigenvalue weighted by Crippen LogP contribution is -2.65. The lowest BCUT2D eigenvalue weighted by atomic mass is 9.84. The summed E-state index contributed by atoms with van der Waals surface area (Å²) in [6.07, 6.45) is 5.02. The highest BCUT2D eigenvalue weighted by molar-refractivity contribution is 7.10. The van der Waals surface area contributed by atoms with Gasteiger partial charge in [-0.25, -0.2) is 15.2 Å². The van der Waals surface area contributed by atoms with Gasteiger partial charge < -0.3 is 28.8 Å². The number of amides is 2. The molecule has 3 aromatic heterocycles. The molecule has 7 heterocycles. The third kappa shape index (κ3) is 8.86. The van der Waals surface area contributed by atoms with Crippen LogP contribution in [0, 0.1) is 5.41 Å². The summed E-state index contributed by atoms with van der Waals surface area (Å²) in [5, 5.41) is 8.24. The molecule has 2 amide bonds. The molecule has 1 saturated carbocycles. The normalized spacial score (nSPS) is 24.6. The van der Waals surface area contributed by atoms with Crippen molar-refractivity contribution in [3.63, 3.8) is 0 Å². The molecular weight excluding hydrogens is 821 g/mol. The van der Waals surface area contributed by atoms with Crippen LogP contribution >= 0.6 is 11.3 Å². The molecule has 0 radical (unpaired) electrons. The molecule has 0 spiro atoms. The van der Waals surface area contributed by atoms with Crippen molar-refractivity contribution in [1.82, 2.24) is 40.1 Å². The third-order valence-electron chi connectivity index (χ3n) is 13.2. The summed E-state index contributed by atoms with van der Waals surface area (Å²) in [5.41, 5.74) is 8.92. The van der Waals surface area contributed by atoms with Gasteiger partial charge in [-0.2, -0.15) is 0 Å². The molecule has 1 aromatic carbocycles. The molecule has 6 bridgehead atoms. The number of hydrogen-bond acceptors (Lipinski definition) is 13. The summed E-state index contributed by atoms with van der Waals surface area (Å²) in [7, 11) is 3.40. The molecule has 15 nitrogen and oxygen atoms in total. The number of methoxy groups -OCH3 is 2. The molecule has 4 aliphatic heterocycles. The zero-order valence-electron chi connectivity index (χ0n) is 37.8. The number of likely N-dealkylation sites (tertiary alicyclic amines) is 2. The predicted molar refractivity (Wildman–Crippen MR) is 240 cm³/mol. The Balaban J connectivity index is 1.22. The SMILES string of the molecule is COC1CN([C@@H]2c3nc(cs3)-c3ccc4c(c3)c(c(-c3cccnc3[C@H](C)OC)n4C3CN(C4CC4)C3)CC(C)(C)COC(=O)[C@@H]3CCCN(N3)C(=O)[C@H]2NC(=O)OC(C)(C)C)C1. The number of hydrogen-bond donors (Lipinski definition) is 2. The fraction of sp³-hybridized carbons (Fsp3) is 0.596. The maximum Gasteiger partial charge on any atom is 0.408 e. The molecule has 338 valence electrons. The van der Waals surface area contributed by atoms with Crippen LogP contribution in [0.5, 0.6) is 0 Å². The van der Waals surface area contributed by atoms with Crippen molar-refractivity contribution in [3.05, 3.63) is 58.2 Å². The summed E-state index contributed by atoms with van der Waals surface area (Å²) in [6.45, 7) is 15.2. The van der Waals surface area contributed by atoms with Gasteiger partial charge in [-0.3, -0.25) is 29.4 Å². The van der Waals surface area contributed by atoms with Crippen LogP contribution in [0.25, 0.3) is 33.4 Å². The highest BCUT2D eigenvalue weighted by atomic mass is 32.1. The Morgan fingerprint density at radius 1 is 1.05 bits per heavy atom. The number of rotatable bonds is 8. The predicted octanol–water partition coefficient (Wildman–Crippen LogP) is 6.44. The highest BCUT2D eigenvalue weighted by Gasteiger charge is 2.46. The molecule has 5 aliphatic rings. The first kappa shape index (κ1) is 43.8. The van der Waals surface area contributed by atoms with Gasteiger partial charge in [0.05, 0.1) is 48.0 Å². The molecule has 16 heteroatoms. The Kier molecular flexibility index (Phi) is 11.9. The van der Waals surface area contributed by atoms with Gasteiger partial charge in [0.25, 0.3) is 5.91 Å². The number of aromatic nitrogens is 3. The molecule has 2 N–H and O–H groups in total. The van der Waals surface area contributed by atoms with Gasteiger partial charge in [0.2, 0.25) is 0 Å². The summed E-state index contributed by atoms with van der Waals surface area (Å²) in [5.74, 6) is -0.815. The van der Waals surface area contributed by atoms with E-state index in [4.69, 9.17) is 28.9 Å². The van der Waals surface area contributed by atoms with E-state index in [0.29, 0.717) is 49.9 Å². The number of carbonyl (C=O) groups excluding carboxylic acids is 3. The fourth-order valence-electron chi connectivity index (χ4n) is 9.63. The van der Waals surface area contributed by atoms with E-state index in [1.807, 2.05) is 24.6 Å². The minimum atomic E-state index is -1.11. The first-order chi connectivity index (χ1) is 30.1. The molecule has 0 unspecified atom stereocenters. The molecular formula is C47H62N8O7S. The van der Waals surface area contributed by atoms with E-state index in [9.17, 15) is 14.4 Å². The van der Waals surface area contributed by atoms with E-state index in [1.165, 1.54) is 29.2 Å². The smallest absolute Gasteiger partial charge is 0.408 e. The van der Waals surface area contributed by atoms with Crippen molar-refractivity contribution >= 4 is 40.2 Å². The Morgan fingerprint density at radius 2 is 1.83 bits per heavy atom. The fourth-order valence-corrected chi connectivity index (χ4v) is 10.6. The Bertz CT molecular complexity index is 2360. The molecule has 4 aromatic rings. The topological polar surface area (TPSA) is 153 Å². The zero-order chi connectivity index (χ0) is 44.4. The number of nitrogens with zero attached hydrogens (tertiary/aromatic N) is 6. The van der Waals surface area contributed by atoms with Crippen molar-refractivity contribution in [2.45, 2.75) is 122 Å². The van der Waals surface area contributed by atoms with E-state index >= 15 is 0 Å². The van der Waals surface area contributed by atoms with Crippen molar-refractivity contribution in [3.8, 4) is 22.5 Å². The second-order valence-corrected chi connectivity index (χ2v) is 20.7. The van der Waals surface area contributed by atoms with Gasteiger partial charge in [-0.1, -0.05) is 19.9 Å². The Hall–Kier alpha value is -4.45. The average molecular weight is 883 g/mol. The van der Waals surface area contributed by atoms with Crippen LogP contribution < -0.4 is 10.7 Å². The van der Waals surface area contributed by atoms with Gasteiger partial charge in [-0.05, 0) is 89.6 Å². The van der Waals surface area contributed by atoms with E-state index in [-0.39, 0.29) is 24.9 Å². The first-order valence-electron chi connectivity index (χ1n) is 22.5. The number of esters is 1. The van der Waals surface area contributed by atoms with E-state index < -0.39 is 47.1 Å². The molecule has 3 saturated heterocycles. The zero-order valence-corrected chi connectivity index (χ0v) is 38.6. The third-order valence-corrected chi connectivity index (χ3v) is 14.1. The monoisotopic (exact) mass is 882 g/mol. The molecule has 4 atom stereocenters. The summed E-state index contributed by atoms with van der Waals surface area (Å²) in [6, 6.07) is 9.19. The summed E-state index contributed by atoms with van der Waals surface area (Å²) in [4.78, 5) is 57.4. The number of nitrogens with one attached hydrogen (secondary N) is 2. The number of hydrazine groups is 1. The van der Waals surface area contributed by atoms with Gasteiger partial charge in [0.1, 0.15) is 22.7 Å². The second-order valence-electron chi connectivity index (χ2n) is 19.8.